The first-order valence-corrected chi connectivity index (χ1v) is 18.7. The number of carbonyl (C=O) groups excluding carboxylic acids is 4. The number of benzene rings is 3. The zero-order chi connectivity index (χ0) is 39.2. The topological polar surface area (TPSA) is 134 Å². The number of nitrogens with zero attached hydrogens (tertiary/aromatic N) is 1. The predicted molar refractivity (Wildman–Crippen MR) is 207 cm³/mol. The van der Waals surface area contributed by atoms with Gasteiger partial charge in [-0.15, -0.1) is 0 Å². The summed E-state index contributed by atoms with van der Waals surface area (Å²) in [5.74, 6) is -1.66. The van der Waals surface area contributed by atoms with Crippen LogP contribution in [-0.4, -0.2) is 63.7 Å². The first-order valence-electron chi connectivity index (χ1n) is 18.7. The molecule has 0 radical (unpaired) electrons. The molecule has 0 saturated heterocycles. The summed E-state index contributed by atoms with van der Waals surface area (Å²) in [6.45, 7) is 14.5. The standard InChI is InChI=1S/C43H59N3O7/c1-9-10-11-12-19-26-46(39(49)34(28-31-20-15-13-16-21-31)45-41(51)53-43(6,7)8)37(33-24-25-36(47)30(2)27-33)38(48)44-35(40(50)52-42(3,4)5)29-32-22-17-14-18-23-32/h13-18,20-25,27,34-35,37,47H,9-12,19,26,28-29H2,1-8H3,(H,44,48)(H,45,51). The van der Waals surface area contributed by atoms with Gasteiger partial charge in [-0.1, -0.05) is 99.3 Å². The highest BCUT2D eigenvalue weighted by Crippen LogP contribution is 2.29. The molecule has 10 nitrogen and oxygen atoms in total. The first kappa shape index (κ1) is 42.6. The van der Waals surface area contributed by atoms with E-state index in [0.29, 0.717) is 17.5 Å². The number of rotatable bonds is 17. The van der Waals surface area contributed by atoms with E-state index < -0.39 is 53.2 Å². The minimum absolute atomic E-state index is 0.0367. The van der Waals surface area contributed by atoms with Crippen molar-refractivity contribution in [2.75, 3.05) is 6.54 Å². The maximum Gasteiger partial charge on any atom is 0.408 e. The second kappa shape index (κ2) is 19.8. The third-order valence-corrected chi connectivity index (χ3v) is 8.44. The number of unbranched alkanes of at least 4 members (excludes halogenated alkanes) is 4. The second-order valence-corrected chi connectivity index (χ2v) is 15.6. The summed E-state index contributed by atoms with van der Waals surface area (Å²) in [4.78, 5) is 58.1. The lowest BCUT2D eigenvalue weighted by molar-refractivity contribution is -0.159. The molecular weight excluding hydrogens is 670 g/mol. The molecule has 3 amide bonds. The van der Waals surface area contributed by atoms with Crippen molar-refractivity contribution < 1.29 is 33.8 Å². The molecule has 0 spiro atoms. The Labute approximate surface area is 315 Å². The quantitative estimate of drug-likeness (QED) is 0.0956. The number of ether oxygens (including phenoxy) is 2. The van der Waals surface area contributed by atoms with Crippen molar-refractivity contribution in [2.45, 2.75) is 130 Å². The summed E-state index contributed by atoms with van der Waals surface area (Å²) >= 11 is 0. The molecule has 0 heterocycles. The van der Waals surface area contributed by atoms with E-state index in [9.17, 15) is 24.3 Å². The molecule has 0 aliphatic heterocycles. The highest BCUT2D eigenvalue weighted by Gasteiger charge is 2.38. The summed E-state index contributed by atoms with van der Waals surface area (Å²) < 4.78 is 11.3. The van der Waals surface area contributed by atoms with Crippen LogP contribution in [0.4, 0.5) is 4.79 Å². The van der Waals surface area contributed by atoms with Crippen LogP contribution in [0.15, 0.2) is 78.9 Å². The molecule has 10 heteroatoms. The number of nitrogens with one attached hydrogen (secondary N) is 2. The maximum absolute atomic E-state index is 15.0. The lowest BCUT2D eigenvalue weighted by Crippen LogP contribution is -2.55. The Balaban J connectivity index is 2.15. The number of alkyl carbamates (subject to hydrolysis) is 1. The number of aryl methyl sites for hydroxylation is 1. The zero-order valence-corrected chi connectivity index (χ0v) is 32.7. The lowest BCUT2D eigenvalue weighted by atomic mass is 9.97. The van der Waals surface area contributed by atoms with Crippen molar-refractivity contribution in [2.24, 2.45) is 0 Å². The average Bonchev–Trinajstić information content (AvgIpc) is 3.07. The minimum atomic E-state index is -1.23. The van der Waals surface area contributed by atoms with Crippen LogP contribution in [0, 0.1) is 6.92 Å². The van der Waals surface area contributed by atoms with Crippen molar-refractivity contribution in [3.05, 3.63) is 101 Å². The number of phenols is 1. The van der Waals surface area contributed by atoms with Gasteiger partial charge in [0.05, 0.1) is 0 Å². The van der Waals surface area contributed by atoms with Crippen LogP contribution in [0.1, 0.15) is 109 Å². The van der Waals surface area contributed by atoms with Crippen molar-refractivity contribution in [3.63, 3.8) is 0 Å². The molecule has 3 unspecified atom stereocenters. The minimum Gasteiger partial charge on any atom is -0.508 e. The molecule has 0 aromatic heterocycles. The van der Waals surface area contributed by atoms with Crippen LogP contribution >= 0.6 is 0 Å². The van der Waals surface area contributed by atoms with Crippen LogP contribution in [0.3, 0.4) is 0 Å². The highest BCUT2D eigenvalue weighted by atomic mass is 16.6. The van der Waals surface area contributed by atoms with E-state index in [4.69, 9.17) is 9.47 Å². The molecule has 3 atom stereocenters. The monoisotopic (exact) mass is 729 g/mol. The van der Waals surface area contributed by atoms with E-state index in [1.807, 2.05) is 60.7 Å². The van der Waals surface area contributed by atoms with E-state index in [0.717, 1.165) is 36.8 Å². The Morgan fingerprint density at radius 3 is 1.79 bits per heavy atom. The van der Waals surface area contributed by atoms with Gasteiger partial charge in [0.2, 0.25) is 11.8 Å². The molecule has 3 aromatic rings. The molecule has 53 heavy (non-hydrogen) atoms. The number of hydrogen-bond acceptors (Lipinski definition) is 7. The Hall–Kier alpha value is -4.86. The molecule has 0 bridgehead atoms. The van der Waals surface area contributed by atoms with Gasteiger partial charge in [-0.25, -0.2) is 9.59 Å². The molecular formula is C43H59N3O7. The number of aromatic hydroxyl groups is 1. The van der Waals surface area contributed by atoms with Gasteiger partial charge in [0, 0.05) is 19.4 Å². The fourth-order valence-electron chi connectivity index (χ4n) is 5.94. The number of phenolic OH excluding ortho intramolecular Hbond substituents is 1. The largest absolute Gasteiger partial charge is 0.508 e. The van der Waals surface area contributed by atoms with Gasteiger partial charge in [0.25, 0.3) is 0 Å². The summed E-state index contributed by atoms with van der Waals surface area (Å²) in [7, 11) is 0. The van der Waals surface area contributed by atoms with Crippen LogP contribution in [0.25, 0.3) is 0 Å². The number of esters is 1. The summed E-state index contributed by atoms with van der Waals surface area (Å²) in [6, 6.07) is 20.0. The summed E-state index contributed by atoms with van der Waals surface area (Å²) in [5, 5.41) is 16.2. The Kier molecular flexibility index (Phi) is 15.9. The molecule has 288 valence electrons. The Bertz CT molecular complexity index is 1630. The SMILES string of the molecule is CCCCCCCN(C(=O)C(Cc1ccccc1)NC(=O)OC(C)(C)C)C(C(=O)NC(Cc1ccccc1)C(=O)OC(C)(C)C)c1ccc(O)c(C)c1. The normalized spacial score (nSPS) is 13.3. The van der Waals surface area contributed by atoms with E-state index in [2.05, 4.69) is 17.6 Å². The van der Waals surface area contributed by atoms with Crippen molar-refractivity contribution in [1.82, 2.24) is 15.5 Å². The fraction of sp³-hybridized carbons (Fsp3) is 0.488. The van der Waals surface area contributed by atoms with Crippen LogP contribution in [0.5, 0.6) is 5.75 Å². The Morgan fingerprint density at radius 1 is 0.717 bits per heavy atom. The summed E-state index contributed by atoms with van der Waals surface area (Å²) in [5.41, 5.74) is 0.940. The molecule has 3 N–H and O–H groups in total. The van der Waals surface area contributed by atoms with Gasteiger partial charge in [-0.3, -0.25) is 9.59 Å². The van der Waals surface area contributed by atoms with Gasteiger partial charge in [0.15, 0.2) is 0 Å². The molecule has 0 fully saturated rings. The maximum atomic E-state index is 15.0. The van der Waals surface area contributed by atoms with Crippen LogP contribution < -0.4 is 10.6 Å². The smallest absolute Gasteiger partial charge is 0.408 e. The average molecular weight is 730 g/mol. The van der Waals surface area contributed by atoms with Crippen molar-refractivity contribution in [1.29, 1.82) is 0 Å². The van der Waals surface area contributed by atoms with Gasteiger partial charge < -0.3 is 30.1 Å². The van der Waals surface area contributed by atoms with Gasteiger partial charge in [-0.05, 0) is 89.3 Å². The molecule has 0 aliphatic carbocycles. The third kappa shape index (κ3) is 14.6. The van der Waals surface area contributed by atoms with Crippen LogP contribution in [-0.2, 0) is 36.7 Å². The van der Waals surface area contributed by atoms with Gasteiger partial charge in [-0.2, -0.15) is 0 Å². The first-order chi connectivity index (χ1) is 25.0. The fourth-order valence-corrected chi connectivity index (χ4v) is 5.94. The van der Waals surface area contributed by atoms with Gasteiger partial charge in [0.1, 0.15) is 35.1 Å². The van der Waals surface area contributed by atoms with E-state index >= 15 is 0 Å². The molecule has 3 aromatic carbocycles. The Morgan fingerprint density at radius 2 is 1.26 bits per heavy atom. The zero-order valence-electron chi connectivity index (χ0n) is 32.7. The highest BCUT2D eigenvalue weighted by molar-refractivity contribution is 5.94. The van der Waals surface area contributed by atoms with Crippen molar-refractivity contribution in [3.8, 4) is 5.75 Å². The predicted octanol–water partition coefficient (Wildman–Crippen LogP) is 7.75. The third-order valence-electron chi connectivity index (χ3n) is 8.44. The second-order valence-electron chi connectivity index (χ2n) is 15.6. The van der Waals surface area contributed by atoms with E-state index in [1.54, 1.807) is 60.6 Å². The molecule has 0 saturated carbocycles. The summed E-state index contributed by atoms with van der Waals surface area (Å²) in [6.07, 6.45) is 3.97. The molecule has 3 rings (SSSR count). The van der Waals surface area contributed by atoms with E-state index in [-0.39, 0.29) is 25.1 Å². The lowest BCUT2D eigenvalue weighted by Gasteiger charge is -2.35. The van der Waals surface area contributed by atoms with Crippen LogP contribution in [0.2, 0.25) is 0 Å². The number of carbonyl (C=O) groups is 4. The number of amides is 3. The molecule has 0 aliphatic rings. The van der Waals surface area contributed by atoms with Gasteiger partial charge >= 0.3 is 12.1 Å². The number of hydrogen-bond donors (Lipinski definition) is 3. The van der Waals surface area contributed by atoms with E-state index in [1.165, 1.54) is 11.0 Å². The van der Waals surface area contributed by atoms with Crippen molar-refractivity contribution >= 4 is 23.9 Å².